The highest BCUT2D eigenvalue weighted by Gasteiger charge is 2.31. The lowest BCUT2D eigenvalue weighted by Gasteiger charge is -2.27. The molecule has 0 radical (unpaired) electrons. The molecule has 0 amide bonds. The summed E-state index contributed by atoms with van der Waals surface area (Å²) < 4.78 is 40.4. The van der Waals surface area contributed by atoms with Crippen LogP contribution in [0.4, 0.5) is 13.2 Å². The second-order valence-electron chi connectivity index (χ2n) is 5.54. The normalized spacial score (nSPS) is 23.6. The van der Waals surface area contributed by atoms with Gasteiger partial charge in [-0.25, -0.2) is 0 Å². The van der Waals surface area contributed by atoms with Crippen LogP contribution in [0.15, 0.2) is 24.3 Å². The van der Waals surface area contributed by atoms with E-state index in [1.165, 1.54) is 25.0 Å². The van der Waals surface area contributed by atoms with Crippen molar-refractivity contribution in [2.24, 2.45) is 5.92 Å². The van der Waals surface area contributed by atoms with Crippen molar-refractivity contribution in [2.75, 3.05) is 0 Å². The molecule has 0 heterocycles. The van der Waals surface area contributed by atoms with Gasteiger partial charge in [-0.1, -0.05) is 31.9 Å². The summed E-state index contributed by atoms with van der Waals surface area (Å²) in [6.45, 7) is 2.82. The minimum absolute atomic E-state index is 0.159. The molecule has 2 rings (SSSR count). The van der Waals surface area contributed by atoms with Crippen LogP contribution >= 0.6 is 0 Å². The first-order valence-corrected chi connectivity index (χ1v) is 7.00. The summed E-state index contributed by atoms with van der Waals surface area (Å²) in [4.78, 5) is 0. The molecule has 1 aromatic carbocycles. The molecule has 1 N–H and O–H groups in total. The summed E-state index contributed by atoms with van der Waals surface area (Å²) in [7, 11) is 0. The third-order valence-corrected chi connectivity index (χ3v) is 3.66. The molecule has 112 valence electrons. The average Bonchev–Trinajstić information content (AvgIpc) is 2.35. The third kappa shape index (κ3) is 5.04. The van der Waals surface area contributed by atoms with Gasteiger partial charge in [-0.2, -0.15) is 0 Å². The zero-order valence-electron chi connectivity index (χ0n) is 11.5. The van der Waals surface area contributed by atoms with Crippen LogP contribution in [0.2, 0.25) is 0 Å². The van der Waals surface area contributed by atoms with Crippen molar-refractivity contribution in [3.05, 3.63) is 29.8 Å². The standard InChI is InChI=1S/C15H20F3NO/c1-11-4-2-6-13(8-11)19-10-12-5-3-7-14(9-12)20-15(16,17)18/h3,5,7,9,11,13,19H,2,4,6,8,10H2,1H3. The zero-order valence-corrected chi connectivity index (χ0v) is 11.5. The highest BCUT2D eigenvalue weighted by Crippen LogP contribution is 2.25. The fourth-order valence-corrected chi connectivity index (χ4v) is 2.73. The fourth-order valence-electron chi connectivity index (χ4n) is 2.73. The monoisotopic (exact) mass is 287 g/mol. The Morgan fingerprint density at radius 2 is 2.10 bits per heavy atom. The Balaban J connectivity index is 1.88. The van der Waals surface area contributed by atoms with Crippen LogP contribution in [0.3, 0.4) is 0 Å². The van der Waals surface area contributed by atoms with Gasteiger partial charge in [-0.3, -0.25) is 0 Å². The molecule has 0 aromatic heterocycles. The second kappa shape index (κ2) is 6.48. The van der Waals surface area contributed by atoms with E-state index in [2.05, 4.69) is 17.0 Å². The largest absolute Gasteiger partial charge is 0.573 e. The lowest BCUT2D eigenvalue weighted by Crippen LogP contribution is -2.33. The topological polar surface area (TPSA) is 21.3 Å². The number of ether oxygens (including phenoxy) is 1. The van der Waals surface area contributed by atoms with E-state index < -0.39 is 6.36 Å². The summed E-state index contributed by atoms with van der Waals surface area (Å²) in [6, 6.07) is 6.61. The number of halogens is 3. The third-order valence-electron chi connectivity index (χ3n) is 3.66. The Hall–Kier alpha value is -1.23. The van der Waals surface area contributed by atoms with Crippen LogP contribution in [0.1, 0.15) is 38.2 Å². The van der Waals surface area contributed by atoms with Crippen LogP contribution in [0, 0.1) is 5.92 Å². The Morgan fingerprint density at radius 1 is 1.30 bits per heavy atom. The fraction of sp³-hybridized carbons (Fsp3) is 0.600. The van der Waals surface area contributed by atoms with Gasteiger partial charge in [0.2, 0.25) is 0 Å². The Labute approximate surface area is 117 Å². The zero-order chi connectivity index (χ0) is 14.6. The number of benzene rings is 1. The summed E-state index contributed by atoms with van der Waals surface area (Å²) in [5.41, 5.74) is 0.810. The van der Waals surface area contributed by atoms with Crippen LogP contribution < -0.4 is 10.1 Å². The van der Waals surface area contributed by atoms with Crippen molar-refractivity contribution >= 4 is 0 Å². The van der Waals surface area contributed by atoms with E-state index in [1.54, 1.807) is 6.07 Å². The minimum Gasteiger partial charge on any atom is -0.406 e. The van der Waals surface area contributed by atoms with E-state index in [0.29, 0.717) is 12.6 Å². The molecule has 2 unspecified atom stereocenters. The van der Waals surface area contributed by atoms with Crippen LogP contribution in [0.5, 0.6) is 5.75 Å². The molecule has 1 aromatic rings. The highest BCUT2D eigenvalue weighted by molar-refractivity contribution is 5.28. The maximum atomic E-state index is 12.2. The number of alkyl halides is 3. The van der Waals surface area contributed by atoms with E-state index in [1.807, 2.05) is 6.07 Å². The second-order valence-corrected chi connectivity index (χ2v) is 5.54. The van der Waals surface area contributed by atoms with E-state index in [-0.39, 0.29) is 5.75 Å². The van der Waals surface area contributed by atoms with Gasteiger partial charge in [0, 0.05) is 12.6 Å². The molecule has 2 atom stereocenters. The van der Waals surface area contributed by atoms with Gasteiger partial charge >= 0.3 is 6.36 Å². The van der Waals surface area contributed by atoms with Crippen LogP contribution in [-0.2, 0) is 6.54 Å². The molecule has 0 bridgehead atoms. The molecular weight excluding hydrogens is 267 g/mol. The Morgan fingerprint density at radius 3 is 2.80 bits per heavy atom. The summed E-state index contributed by atoms with van der Waals surface area (Å²) in [5, 5.41) is 3.42. The Bertz CT molecular complexity index is 433. The van der Waals surface area contributed by atoms with Gasteiger partial charge in [0.25, 0.3) is 0 Å². The molecule has 5 heteroatoms. The molecule has 1 saturated carbocycles. The molecule has 20 heavy (non-hydrogen) atoms. The molecule has 0 aliphatic heterocycles. The average molecular weight is 287 g/mol. The van der Waals surface area contributed by atoms with Crippen molar-refractivity contribution in [1.82, 2.24) is 5.32 Å². The van der Waals surface area contributed by atoms with Gasteiger partial charge in [0.05, 0.1) is 0 Å². The van der Waals surface area contributed by atoms with E-state index in [0.717, 1.165) is 24.3 Å². The summed E-state index contributed by atoms with van der Waals surface area (Å²) >= 11 is 0. The van der Waals surface area contributed by atoms with E-state index in [9.17, 15) is 13.2 Å². The first-order valence-electron chi connectivity index (χ1n) is 7.00. The number of nitrogens with one attached hydrogen (secondary N) is 1. The summed E-state index contributed by atoms with van der Waals surface area (Å²) in [6.07, 6.45) is 0.135. The lowest BCUT2D eigenvalue weighted by molar-refractivity contribution is -0.274. The van der Waals surface area contributed by atoms with Crippen molar-refractivity contribution in [1.29, 1.82) is 0 Å². The van der Waals surface area contributed by atoms with E-state index >= 15 is 0 Å². The maximum absolute atomic E-state index is 12.2. The van der Waals surface area contributed by atoms with Gasteiger partial charge in [0.15, 0.2) is 0 Å². The molecular formula is C15H20F3NO. The van der Waals surface area contributed by atoms with Crippen molar-refractivity contribution in [3.8, 4) is 5.75 Å². The van der Waals surface area contributed by atoms with Gasteiger partial charge in [-0.05, 0) is 36.5 Å². The predicted molar refractivity (Wildman–Crippen MR) is 71.4 cm³/mol. The lowest BCUT2D eigenvalue weighted by atomic mass is 9.87. The van der Waals surface area contributed by atoms with Crippen molar-refractivity contribution in [2.45, 2.75) is 51.6 Å². The number of rotatable bonds is 4. The van der Waals surface area contributed by atoms with Gasteiger partial charge in [-0.15, -0.1) is 13.2 Å². The smallest absolute Gasteiger partial charge is 0.406 e. The minimum atomic E-state index is -4.63. The van der Waals surface area contributed by atoms with Crippen LogP contribution in [0.25, 0.3) is 0 Å². The van der Waals surface area contributed by atoms with E-state index in [4.69, 9.17) is 0 Å². The maximum Gasteiger partial charge on any atom is 0.573 e. The predicted octanol–water partition coefficient (Wildman–Crippen LogP) is 4.25. The molecule has 1 aliphatic carbocycles. The van der Waals surface area contributed by atoms with Crippen LogP contribution in [-0.4, -0.2) is 12.4 Å². The van der Waals surface area contributed by atoms with Gasteiger partial charge < -0.3 is 10.1 Å². The quantitative estimate of drug-likeness (QED) is 0.893. The molecule has 1 aliphatic rings. The SMILES string of the molecule is CC1CCCC(NCc2cccc(OC(F)(F)F)c2)C1. The van der Waals surface area contributed by atoms with Crippen molar-refractivity contribution < 1.29 is 17.9 Å². The highest BCUT2D eigenvalue weighted by atomic mass is 19.4. The molecule has 0 saturated heterocycles. The molecule has 0 spiro atoms. The number of hydrogen-bond donors (Lipinski definition) is 1. The molecule has 2 nitrogen and oxygen atoms in total. The van der Waals surface area contributed by atoms with Gasteiger partial charge in [0.1, 0.15) is 5.75 Å². The molecule has 1 fully saturated rings. The number of hydrogen-bond acceptors (Lipinski definition) is 2. The first kappa shape index (κ1) is 15.2. The van der Waals surface area contributed by atoms with Crippen molar-refractivity contribution in [3.63, 3.8) is 0 Å². The Kier molecular flexibility index (Phi) is 4.91. The first-order chi connectivity index (χ1) is 9.42. The summed E-state index contributed by atoms with van der Waals surface area (Å²) in [5.74, 6) is 0.565.